The molecule has 0 saturated carbocycles. The number of unbranched alkanes of at least 4 members (excludes halogenated alkanes) is 4. The van der Waals surface area contributed by atoms with Crippen LogP contribution in [-0.4, -0.2) is 60.0 Å². The number of pyridine rings is 1. The first-order chi connectivity index (χ1) is 24.1. The van der Waals surface area contributed by atoms with Gasteiger partial charge < -0.3 is 10.5 Å². The Kier molecular flexibility index (Phi) is 11.6. The number of fused-ring (bicyclic) bond motifs is 1. The van der Waals surface area contributed by atoms with Crippen molar-refractivity contribution in [2.75, 3.05) is 23.3 Å². The number of hydrogen-bond donors (Lipinski definition) is 2. The van der Waals surface area contributed by atoms with E-state index in [9.17, 15) is 30.0 Å². The monoisotopic (exact) mass is 749 g/mol. The van der Waals surface area contributed by atoms with E-state index in [4.69, 9.17) is 19.8 Å². The molecule has 0 amide bonds. The predicted molar refractivity (Wildman–Crippen MR) is 187 cm³/mol. The van der Waals surface area contributed by atoms with Crippen LogP contribution < -0.4 is 15.2 Å². The molecule has 2 aromatic carbocycles. The highest BCUT2D eigenvalue weighted by molar-refractivity contribution is 7.93. The van der Waals surface area contributed by atoms with Crippen molar-refractivity contribution < 1.29 is 38.9 Å². The van der Waals surface area contributed by atoms with Crippen molar-refractivity contribution in [3.8, 4) is 28.1 Å². The van der Waals surface area contributed by atoms with Crippen LogP contribution in [0.15, 0.2) is 61.1 Å². The summed E-state index contributed by atoms with van der Waals surface area (Å²) in [7, 11) is -6.72. The Labute approximate surface area is 293 Å². The van der Waals surface area contributed by atoms with Crippen molar-refractivity contribution in [1.29, 1.82) is 0 Å². The van der Waals surface area contributed by atoms with Gasteiger partial charge in [0.1, 0.15) is 29.2 Å². The lowest BCUT2D eigenvalue weighted by molar-refractivity contribution is 0.228. The molecule has 0 aliphatic rings. The fraction of sp³-hybridized carbons (Fsp3) is 0.364. The van der Waals surface area contributed by atoms with Crippen LogP contribution in [0.1, 0.15) is 50.7 Å². The van der Waals surface area contributed by atoms with E-state index >= 15 is 0 Å². The molecule has 0 bridgehead atoms. The lowest BCUT2D eigenvalue weighted by Crippen LogP contribution is -2.21. The summed E-state index contributed by atoms with van der Waals surface area (Å²) in [6.45, 7) is 2.50. The van der Waals surface area contributed by atoms with Gasteiger partial charge in [-0.05, 0) is 49.6 Å². The van der Waals surface area contributed by atoms with Gasteiger partial charge in [-0.1, -0.05) is 37.5 Å². The number of aromatic nitrogens is 5. The molecule has 0 spiro atoms. The van der Waals surface area contributed by atoms with Crippen molar-refractivity contribution in [2.45, 2.75) is 57.4 Å². The summed E-state index contributed by atoms with van der Waals surface area (Å²) in [5.41, 5.74) is 9.68. The smallest absolute Gasteiger partial charge is 0.355 e. The molecule has 0 radical (unpaired) electrons. The number of rotatable bonds is 17. The van der Waals surface area contributed by atoms with Gasteiger partial charge in [-0.25, -0.2) is 17.8 Å². The number of ether oxygens (including phenoxy) is 1. The zero-order valence-corrected chi connectivity index (χ0v) is 29.7. The lowest BCUT2D eigenvalue weighted by Gasteiger charge is -2.19. The highest BCUT2D eigenvalue weighted by atomic mass is 32.2. The molecule has 0 saturated heterocycles. The average molecular weight is 750 g/mol. The second-order valence-electron chi connectivity index (χ2n) is 12.0. The van der Waals surface area contributed by atoms with E-state index in [1.807, 2.05) is 15.6 Å². The summed E-state index contributed by atoms with van der Waals surface area (Å²) in [5, 5.41) is 9.72. The maximum absolute atomic E-state index is 13.5. The number of hydrogen-bond acceptors (Lipinski definition) is 10. The van der Waals surface area contributed by atoms with Crippen molar-refractivity contribution in [3.05, 3.63) is 72.4 Å². The quantitative estimate of drug-likeness (QED) is 0.0817. The van der Waals surface area contributed by atoms with E-state index in [0.29, 0.717) is 46.3 Å². The Bertz CT molecular complexity index is 2210. The van der Waals surface area contributed by atoms with Crippen LogP contribution in [0.2, 0.25) is 0 Å². The number of nitrogens with two attached hydrogens (primary N) is 1. The van der Waals surface area contributed by atoms with Crippen LogP contribution in [0, 0.1) is 5.82 Å². The molecule has 0 aliphatic carbocycles. The molecule has 13 nitrogen and oxygen atoms in total. The standard InChI is InChI=1S/C33H38F3N7O6S2/c1-21(22-9-12-25(34)13-10-22)49-28-17-23(11-14-27(28)41-51(46,47)33(35)36)30-29-31(42(2)40-30)26(19-38-32(29)37)24-18-39-43(20-24)15-7-5-4-6-8-16-48-50(3,44)45/h9-14,17-21,33,41H,4-8,15-16H2,1-3H3,(H2,37,38). The van der Waals surface area contributed by atoms with Gasteiger partial charge in [0.2, 0.25) is 0 Å². The molecule has 1 atom stereocenters. The first-order valence-corrected chi connectivity index (χ1v) is 19.3. The molecule has 0 fully saturated rings. The molecule has 18 heteroatoms. The van der Waals surface area contributed by atoms with Crippen molar-refractivity contribution >= 4 is 42.5 Å². The Morgan fingerprint density at radius 1 is 0.961 bits per heavy atom. The molecule has 0 aliphatic heterocycles. The number of nitrogens with one attached hydrogen (secondary N) is 1. The van der Waals surface area contributed by atoms with E-state index in [1.165, 1.54) is 42.5 Å². The fourth-order valence-electron chi connectivity index (χ4n) is 5.53. The third-order valence-electron chi connectivity index (χ3n) is 8.05. The summed E-state index contributed by atoms with van der Waals surface area (Å²) < 4.78 is 103. The minimum Gasteiger partial charge on any atom is -0.484 e. The molecule has 1 unspecified atom stereocenters. The zero-order chi connectivity index (χ0) is 36.9. The van der Waals surface area contributed by atoms with E-state index < -0.39 is 37.8 Å². The first-order valence-electron chi connectivity index (χ1n) is 16.0. The van der Waals surface area contributed by atoms with Gasteiger partial charge in [0, 0.05) is 42.7 Å². The molecule has 274 valence electrons. The van der Waals surface area contributed by atoms with Gasteiger partial charge in [-0.3, -0.25) is 18.3 Å². The van der Waals surface area contributed by atoms with Gasteiger partial charge >= 0.3 is 5.76 Å². The van der Waals surface area contributed by atoms with Crippen LogP contribution in [0.3, 0.4) is 0 Å². The molecule has 3 N–H and O–H groups in total. The van der Waals surface area contributed by atoms with Gasteiger partial charge in [0.15, 0.2) is 0 Å². The molecule has 51 heavy (non-hydrogen) atoms. The number of nitrogen functional groups attached to an aromatic ring is 1. The van der Waals surface area contributed by atoms with Crippen molar-refractivity contribution in [3.63, 3.8) is 0 Å². The van der Waals surface area contributed by atoms with E-state index in [1.54, 1.807) is 31.0 Å². The normalized spacial score (nSPS) is 12.8. The summed E-state index contributed by atoms with van der Waals surface area (Å²) in [6, 6.07) is 9.75. The average Bonchev–Trinajstić information content (AvgIpc) is 3.68. The van der Waals surface area contributed by atoms with Gasteiger partial charge in [-0.15, -0.1) is 0 Å². The highest BCUT2D eigenvalue weighted by Crippen LogP contribution is 2.40. The topological polar surface area (TPSA) is 173 Å². The zero-order valence-electron chi connectivity index (χ0n) is 28.1. The number of nitrogens with zero attached hydrogens (tertiary/aromatic N) is 5. The SMILES string of the molecule is CC(Oc1cc(-c2nn(C)c3c(-c4cnn(CCCCCCCOS(C)(=O)=O)c4)cnc(N)c23)ccc1NS(=O)(=O)C(F)F)c1ccc(F)cc1. The number of anilines is 2. The minimum atomic E-state index is -5.04. The van der Waals surface area contributed by atoms with Crippen LogP contribution in [0.4, 0.5) is 24.7 Å². The van der Waals surface area contributed by atoms with Crippen LogP contribution in [0.5, 0.6) is 5.75 Å². The number of halogens is 3. The van der Waals surface area contributed by atoms with Gasteiger partial charge in [0.05, 0.1) is 35.6 Å². The fourth-order valence-corrected chi connectivity index (χ4v) is 6.52. The van der Waals surface area contributed by atoms with E-state index in [2.05, 4.69) is 10.1 Å². The highest BCUT2D eigenvalue weighted by Gasteiger charge is 2.27. The molecule has 3 aromatic heterocycles. The van der Waals surface area contributed by atoms with Gasteiger partial charge in [-0.2, -0.15) is 27.4 Å². The van der Waals surface area contributed by atoms with Crippen LogP contribution in [-0.2, 0) is 37.9 Å². The number of alkyl halides is 2. The number of aryl methyl sites for hydroxylation is 2. The predicted octanol–water partition coefficient (Wildman–Crippen LogP) is 6.25. The summed E-state index contributed by atoms with van der Waals surface area (Å²) in [6.07, 6.45) is 9.80. The minimum absolute atomic E-state index is 0.0708. The lowest BCUT2D eigenvalue weighted by atomic mass is 10.0. The maximum atomic E-state index is 13.5. The van der Waals surface area contributed by atoms with E-state index in [-0.39, 0.29) is 23.9 Å². The maximum Gasteiger partial charge on any atom is 0.355 e. The van der Waals surface area contributed by atoms with Crippen molar-refractivity contribution in [2.24, 2.45) is 7.05 Å². The molecule has 5 rings (SSSR count). The second kappa shape index (κ2) is 15.7. The third-order valence-corrected chi connectivity index (χ3v) is 9.62. The largest absolute Gasteiger partial charge is 0.484 e. The second-order valence-corrected chi connectivity index (χ2v) is 15.3. The number of sulfonamides is 1. The third kappa shape index (κ3) is 9.36. The van der Waals surface area contributed by atoms with Crippen LogP contribution >= 0.6 is 0 Å². The molecule has 3 heterocycles. The Morgan fingerprint density at radius 3 is 2.37 bits per heavy atom. The van der Waals surface area contributed by atoms with E-state index in [0.717, 1.165) is 37.5 Å². The summed E-state index contributed by atoms with van der Waals surface area (Å²) >= 11 is 0. The molecular weight excluding hydrogens is 712 g/mol. The first kappa shape index (κ1) is 37.6. The Balaban J connectivity index is 1.40. The van der Waals surface area contributed by atoms with Crippen LogP contribution in [0.25, 0.3) is 33.3 Å². The molecular formula is C33H38F3N7O6S2. The Morgan fingerprint density at radius 2 is 1.67 bits per heavy atom. The van der Waals surface area contributed by atoms with Crippen molar-refractivity contribution in [1.82, 2.24) is 24.5 Å². The van der Waals surface area contributed by atoms with Gasteiger partial charge in [0.25, 0.3) is 20.1 Å². The number of benzene rings is 2. The summed E-state index contributed by atoms with van der Waals surface area (Å²) in [4.78, 5) is 4.42. The Hall–Kier alpha value is -4.68. The summed E-state index contributed by atoms with van der Waals surface area (Å²) in [5.74, 6) is -4.04. The molecule has 5 aromatic rings.